The summed E-state index contributed by atoms with van der Waals surface area (Å²) in [6.45, 7) is 4.66. The van der Waals surface area contributed by atoms with E-state index >= 15 is 0 Å². The number of rotatable bonds is 9. The number of carbonyl (C=O) groups is 2. The number of carbonyl (C=O) groups excluding carboxylic acids is 1. The Kier molecular flexibility index (Phi) is 8.35. The number of carboxylic acids is 1. The van der Waals surface area contributed by atoms with Crippen molar-refractivity contribution in [2.24, 2.45) is 5.92 Å². The van der Waals surface area contributed by atoms with Gasteiger partial charge in [-0.3, -0.25) is 4.79 Å². The lowest BCUT2D eigenvalue weighted by Gasteiger charge is -2.17. The van der Waals surface area contributed by atoms with Crippen LogP contribution in [0.25, 0.3) is 0 Å². The van der Waals surface area contributed by atoms with E-state index in [1.807, 2.05) is 0 Å². The Labute approximate surface area is 101 Å². The number of ether oxygens (including phenoxy) is 2. The molecule has 0 aliphatic heterocycles. The molecule has 0 unspecified atom stereocenters. The molecule has 6 heteroatoms. The molecule has 0 saturated carbocycles. The van der Waals surface area contributed by atoms with Crippen LogP contribution >= 0.6 is 0 Å². The topological polar surface area (TPSA) is 84.9 Å². The lowest BCUT2D eigenvalue weighted by Crippen LogP contribution is -2.44. The van der Waals surface area contributed by atoms with Gasteiger partial charge in [-0.25, -0.2) is 4.79 Å². The van der Waals surface area contributed by atoms with Crippen molar-refractivity contribution in [3.8, 4) is 0 Å². The summed E-state index contributed by atoms with van der Waals surface area (Å²) in [5, 5.41) is 11.3. The van der Waals surface area contributed by atoms with Crippen molar-refractivity contribution >= 4 is 11.9 Å². The van der Waals surface area contributed by atoms with E-state index in [2.05, 4.69) is 5.32 Å². The van der Waals surface area contributed by atoms with E-state index < -0.39 is 12.0 Å². The van der Waals surface area contributed by atoms with Crippen molar-refractivity contribution in [1.82, 2.24) is 5.32 Å². The summed E-state index contributed by atoms with van der Waals surface area (Å²) in [4.78, 5) is 22.2. The van der Waals surface area contributed by atoms with Crippen molar-refractivity contribution in [2.45, 2.75) is 26.3 Å². The second-order valence-electron chi connectivity index (χ2n) is 3.98. The summed E-state index contributed by atoms with van der Waals surface area (Å²) in [5.74, 6) is -1.48. The minimum atomic E-state index is -1.02. The number of hydrogen-bond donors (Lipinski definition) is 2. The molecule has 1 atom stereocenters. The van der Waals surface area contributed by atoms with E-state index in [0.717, 1.165) is 0 Å². The molecule has 0 rings (SSSR count). The van der Waals surface area contributed by atoms with Gasteiger partial charge < -0.3 is 19.9 Å². The summed E-state index contributed by atoms with van der Waals surface area (Å²) in [6.07, 6.45) is 0.153. The van der Waals surface area contributed by atoms with Gasteiger partial charge in [0, 0.05) is 13.5 Å². The van der Waals surface area contributed by atoms with Gasteiger partial charge in [0.05, 0.1) is 19.8 Å². The van der Waals surface area contributed by atoms with Gasteiger partial charge in [0.15, 0.2) is 0 Å². The average molecular weight is 247 g/mol. The van der Waals surface area contributed by atoms with E-state index in [1.165, 1.54) is 0 Å². The quantitative estimate of drug-likeness (QED) is 0.571. The van der Waals surface area contributed by atoms with E-state index in [0.29, 0.717) is 13.2 Å². The number of amides is 1. The normalized spacial score (nSPS) is 12.5. The number of nitrogens with one attached hydrogen (secondary N) is 1. The molecule has 1 amide bonds. The van der Waals surface area contributed by atoms with Crippen molar-refractivity contribution in [2.75, 3.05) is 26.9 Å². The van der Waals surface area contributed by atoms with Crippen molar-refractivity contribution < 1.29 is 24.2 Å². The number of hydrogen-bond acceptors (Lipinski definition) is 4. The Hall–Kier alpha value is -1.14. The van der Waals surface area contributed by atoms with Crippen LogP contribution < -0.4 is 5.32 Å². The van der Waals surface area contributed by atoms with Crippen LogP contribution in [0.1, 0.15) is 20.3 Å². The highest BCUT2D eigenvalue weighted by Gasteiger charge is 2.22. The molecule has 6 nitrogen and oxygen atoms in total. The molecule has 0 aromatic carbocycles. The van der Waals surface area contributed by atoms with Gasteiger partial charge in [-0.05, 0) is 5.92 Å². The molecule has 0 radical (unpaired) electrons. The third-order valence-electron chi connectivity index (χ3n) is 2.15. The molecule has 0 heterocycles. The van der Waals surface area contributed by atoms with Gasteiger partial charge in [-0.1, -0.05) is 13.8 Å². The largest absolute Gasteiger partial charge is 0.480 e. The molecule has 2 N–H and O–H groups in total. The maximum absolute atomic E-state index is 11.4. The molecule has 0 saturated heterocycles. The monoisotopic (exact) mass is 247 g/mol. The first-order valence-corrected chi connectivity index (χ1v) is 5.58. The second kappa shape index (κ2) is 8.95. The van der Waals surface area contributed by atoms with Crippen LogP contribution in [0.2, 0.25) is 0 Å². The summed E-state index contributed by atoms with van der Waals surface area (Å²) in [7, 11) is 1.57. The fourth-order valence-electron chi connectivity index (χ4n) is 1.17. The van der Waals surface area contributed by atoms with E-state index in [-0.39, 0.29) is 24.9 Å². The first kappa shape index (κ1) is 15.9. The summed E-state index contributed by atoms with van der Waals surface area (Å²) in [5.41, 5.74) is 0. The molecule has 0 aromatic heterocycles. The minimum Gasteiger partial charge on any atom is -0.480 e. The molecule has 0 bridgehead atoms. The molecule has 0 aromatic rings. The molecule has 0 spiro atoms. The predicted octanol–water partition coefficient (Wildman–Crippen LogP) is 0.265. The Morgan fingerprint density at radius 3 is 2.35 bits per heavy atom. The lowest BCUT2D eigenvalue weighted by atomic mass is 10.0. The first-order chi connectivity index (χ1) is 7.99. The maximum atomic E-state index is 11.4. The van der Waals surface area contributed by atoms with Crippen LogP contribution in [0.15, 0.2) is 0 Å². The van der Waals surface area contributed by atoms with Gasteiger partial charge in [0.1, 0.15) is 6.04 Å². The molecule has 0 fully saturated rings. The summed E-state index contributed by atoms with van der Waals surface area (Å²) in [6, 6.07) is -0.846. The molecule has 0 aliphatic carbocycles. The van der Waals surface area contributed by atoms with Crippen molar-refractivity contribution in [1.29, 1.82) is 0 Å². The van der Waals surface area contributed by atoms with Gasteiger partial charge in [-0.2, -0.15) is 0 Å². The Bertz CT molecular complexity index is 242. The first-order valence-electron chi connectivity index (χ1n) is 5.58. The van der Waals surface area contributed by atoms with Crippen LogP contribution in [-0.2, 0) is 19.1 Å². The predicted molar refractivity (Wildman–Crippen MR) is 61.7 cm³/mol. The zero-order chi connectivity index (χ0) is 13.3. The smallest absolute Gasteiger partial charge is 0.326 e. The van der Waals surface area contributed by atoms with Gasteiger partial charge in [0.2, 0.25) is 5.91 Å². The molecule has 17 heavy (non-hydrogen) atoms. The zero-order valence-corrected chi connectivity index (χ0v) is 10.6. The van der Waals surface area contributed by atoms with Gasteiger partial charge in [-0.15, -0.1) is 0 Å². The number of methoxy groups -OCH3 is 1. The SMILES string of the molecule is COCCOCCC(=O)N[C@@H](C(=O)O)C(C)C. The Balaban J connectivity index is 3.80. The fourth-order valence-corrected chi connectivity index (χ4v) is 1.17. The fraction of sp³-hybridized carbons (Fsp3) is 0.818. The van der Waals surface area contributed by atoms with Crippen LogP contribution in [-0.4, -0.2) is 50.0 Å². The van der Waals surface area contributed by atoms with Crippen LogP contribution in [0.5, 0.6) is 0 Å². The average Bonchev–Trinajstić information content (AvgIpc) is 2.24. The number of carboxylic acid groups (broad SMARTS) is 1. The van der Waals surface area contributed by atoms with E-state index in [1.54, 1.807) is 21.0 Å². The number of aliphatic carboxylic acids is 1. The van der Waals surface area contributed by atoms with Crippen LogP contribution in [0, 0.1) is 5.92 Å². The van der Waals surface area contributed by atoms with Crippen molar-refractivity contribution in [3.05, 3.63) is 0 Å². The lowest BCUT2D eigenvalue weighted by molar-refractivity contribution is -0.143. The maximum Gasteiger partial charge on any atom is 0.326 e. The van der Waals surface area contributed by atoms with Crippen LogP contribution in [0.3, 0.4) is 0 Å². The van der Waals surface area contributed by atoms with Crippen LogP contribution in [0.4, 0.5) is 0 Å². The Morgan fingerprint density at radius 1 is 1.24 bits per heavy atom. The van der Waals surface area contributed by atoms with Gasteiger partial charge in [0.25, 0.3) is 0 Å². The third-order valence-corrected chi connectivity index (χ3v) is 2.15. The molecular formula is C11H21NO5. The van der Waals surface area contributed by atoms with E-state index in [9.17, 15) is 9.59 Å². The molecular weight excluding hydrogens is 226 g/mol. The highest BCUT2D eigenvalue weighted by molar-refractivity contribution is 5.83. The standard InChI is InChI=1S/C11H21NO5/c1-8(2)10(11(14)15)12-9(13)4-5-17-7-6-16-3/h8,10H,4-7H2,1-3H3,(H,12,13)(H,14,15)/t10-/m1/s1. The Morgan fingerprint density at radius 2 is 1.88 bits per heavy atom. The second-order valence-corrected chi connectivity index (χ2v) is 3.98. The summed E-state index contributed by atoms with van der Waals surface area (Å²) < 4.78 is 9.89. The van der Waals surface area contributed by atoms with Crippen molar-refractivity contribution in [3.63, 3.8) is 0 Å². The molecule has 0 aliphatic rings. The minimum absolute atomic E-state index is 0.147. The highest BCUT2D eigenvalue weighted by Crippen LogP contribution is 2.02. The zero-order valence-electron chi connectivity index (χ0n) is 10.6. The molecule has 100 valence electrons. The third kappa shape index (κ3) is 7.70. The highest BCUT2D eigenvalue weighted by atomic mass is 16.5. The van der Waals surface area contributed by atoms with E-state index in [4.69, 9.17) is 14.6 Å². The summed E-state index contributed by atoms with van der Waals surface area (Å²) >= 11 is 0. The van der Waals surface area contributed by atoms with Gasteiger partial charge >= 0.3 is 5.97 Å².